The van der Waals surface area contributed by atoms with E-state index in [0.29, 0.717) is 17.9 Å². The fourth-order valence-electron chi connectivity index (χ4n) is 1.98. The van der Waals surface area contributed by atoms with Crippen LogP contribution in [0.1, 0.15) is 21.5 Å². The molecule has 0 spiro atoms. The van der Waals surface area contributed by atoms with Crippen molar-refractivity contribution in [1.82, 2.24) is 5.32 Å². The number of halogens is 1. The summed E-state index contributed by atoms with van der Waals surface area (Å²) in [5, 5.41) is 2.68. The average Bonchev–Trinajstić information content (AvgIpc) is 2.60. The number of esters is 1. The molecule has 0 bridgehead atoms. The summed E-state index contributed by atoms with van der Waals surface area (Å²) in [6, 6.07) is 12.2. The van der Waals surface area contributed by atoms with Gasteiger partial charge in [-0.2, -0.15) is 0 Å². The van der Waals surface area contributed by atoms with Crippen LogP contribution in [0.2, 0.25) is 0 Å². The highest BCUT2D eigenvalue weighted by Gasteiger charge is 2.11. The highest BCUT2D eigenvalue weighted by Crippen LogP contribution is 2.17. The van der Waals surface area contributed by atoms with Crippen molar-refractivity contribution in [3.63, 3.8) is 0 Å². The highest BCUT2D eigenvalue weighted by molar-refractivity contribution is 7.99. The van der Waals surface area contributed by atoms with Crippen molar-refractivity contribution >= 4 is 23.6 Å². The van der Waals surface area contributed by atoms with Crippen LogP contribution < -0.4 is 5.32 Å². The summed E-state index contributed by atoms with van der Waals surface area (Å²) in [4.78, 5) is 24.6. The number of amides is 1. The second kappa shape index (κ2) is 9.22. The van der Waals surface area contributed by atoms with Crippen LogP contribution in [0, 0.1) is 19.7 Å². The molecule has 2 aromatic rings. The molecule has 0 unspecified atom stereocenters. The van der Waals surface area contributed by atoms with E-state index in [9.17, 15) is 14.0 Å². The Balaban J connectivity index is 1.67. The molecule has 0 aliphatic heterocycles. The third-order valence-corrected chi connectivity index (χ3v) is 4.47. The maximum atomic E-state index is 13.4. The Bertz CT molecular complexity index is 747. The van der Waals surface area contributed by atoms with Gasteiger partial charge >= 0.3 is 5.97 Å². The summed E-state index contributed by atoms with van der Waals surface area (Å²) in [5.74, 6) is -0.869. The van der Waals surface area contributed by atoms with E-state index in [-0.39, 0.29) is 18.1 Å². The molecule has 25 heavy (non-hydrogen) atoms. The second-order valence-electron chi connectivity index (χ2n) is 5.55. The van der Waals surface area contributed by atoms with E-state index >= 15 is 0 Å². The Morgan fingerprint density at radius 1 is 1.12 bits per heavy atom. The molecular weight excluding hydrogens is 341 g/mol. The molecule has 0 aliphatic carbocycles. The van der Waals surface area contributed by atoms with Crippen molar-refractivity contribution < 1.29 is 18.7 Å². The minimum absolute atomic E-state index is 0.0887. The second-order valence-corrected chi connectivity index (χ2v) is 6.72. The fraction of sp³-hybridized carbons (Fsp3) is 0.263. The first kappa shape index (κ1) is 19.0. The number of benzene rings is 2. The number of rotatable bonds is 7. The Morgan fingerprint density at radius 2 is 1.84 bits per heavy atom. The third-order valence-electron chi connectivity index (χ3n) is 3.46. The number of aryl methyl sites for hydroxylation is 2. The first-order valence-corrected chi connectivity index (χ1v) is 8.83. The molecule has 132 valence electrons. The summed E-state index contributed by atoms with van der Waals surface area (Å²) in [6.07, 6.45) is 0. The summed E-state index contributed by atoms with van der Waals surface area (Å²) in [6.45, 7) is 3.71. The van der Waals surface area contributed by atoms with Gasteiger partial charge in [0.25, 0.3) is 5.91 Å². The Kier molecular flexibility index (Phi) is 7.01. The van der Waals surface area contributed by atoms with Gasteiger partial charge < -0.3 is 10.1 Å². The normalized spacial score (nSPS) is 10.4. The number of nitrogens with one attached hydrogen (secondary N) is 1. The van der Waals surface area contributed by atoms with Crippen molar-refractivity contribution in [1.29, 1.82) is 0 Å². The van der Waals surface area contributed by atoms with E-state index in [1.807, 2.05) is 31.2 Å². The van der Waals surface area contributed by atoms with Crippen molar-refractivity contribution in [2.45, 2.75) is 18.7 Å². The Hall–Kier alpha value is -2.34. The standard InChI is InChI=1S/C19H20FNO3S/c1-13-3-7-16(8-4-13)25-10-9-21-18(22)12-24-19(23)15-6-5-14(2)17(20)11-15/h3-8,11H,9-10,12H2,1-2H3,(H,21,22). The number of thioether (sulfide) groups is 1. The van der Waals surface area contributed by atoms with Crippen LogP contribution in [0.4, 0.5) is 4.39 Å². The molecule has 6 heteroatoms. The summed E-state index contributed by atoms with van der Waals surface area (Å²) < 4.78 is 18.3. The lowest BCUT2D eigenvalue weighted by Gasteiger charge is -2.07. The van der Waals surface area contributed by atoms with Crippen LogP contribution in [0.15, 0.2) is 47.4 Å². The lowest BCUT2D eigenvalue weighted by molar-refractivity contribution is -0.124. The van der Waals surface area contributed by atoms with Gasteiger partial charge in [-0.25, -0.2) is 9.18 Å². The van der Waals surface area contributed by atoms with E-state index in [4.69, 9.17) is 4.74 Å². The monoisotopic (exact) mass is 361 g/mol. The van der Waals surface area contributed by atoms with Crippen molar-refractivity contribution in [3.8, 4) is 0 Å². The smallest absolute Gasteiger partial charge is 0.338 e. The van der Waals surface area contributed by atoms with Crippen molar-refractivity contribution in [2.24, 2.45) is 0 Å². The summed E-state index contributed by atoms with van der Waals surface area (Å²) >= 11 is 1.63. The average molecular weight is 361 g/mol. The molecule has 2 aromatic carbocycles. The molecule has 0 fully saturated rings. The van der Waals surface area contributed by atoms with Gasteiger partial charge in [-0.3, -0.25) is 4.79 Å². The van der Waals surface area contributed by atoms with Gasteiger partial charge in [0.05, 0.1) is 5.56 Å². The van der Waals surface area contributed by atoms with E-state index in [1.165, 1.54) is 17.7 Å². The summed E-state index contributed by atoms with van der Waals surface area (Å²) in [7, 11) is 0. The van der Waals surface area contributed by atoms with Gasteiger partial charge in [-0.05, 0) is 43.7 Å². The largest absolute Gasteiger partial charge is 0.452 e. The Morgan fingerprint density at radius 3 is 2.52 bits per heavy atom. The zero-order valence-corrected chi connectivity index (χ0v) is 15.0. The van der Waals surface area contributed by atoms with Gasteiger partial charge in [0.2, 0.25) is 0 Å². The third kappa shape index (κ3) is 6.23. The van der Waals surface area contributed by atoms with E-state index in [1.54, 1.807) is 18.7 Å². The van der Waals surface area contributed by atoms with Gasteiger partial charge in [0.15, 0.2) is 6.61 Å². The number of ether oxygens (including phenoxy) is 1. The highest BCUT2D eigenvalue weighted by atomic mass is 32.2. The van der Waals surface area contributed by atoms with Crippen LogP contribution in [0.25, 0.3) is 0 Å². The number of hydrogen-bond donors (Lipinski definition) is 1. The molecule has 0 aromatic heterocycles. The molecule has 0 heterocycles. The van der Waals surface area contributed by atoms with Crippen LogP contribution >= 0.6 is 11.8 Å². The first-order chi connectivity index (χ1) is 12.0. The minimum Gasteiger partial charge on any atom is -0.452 e. The molecule has 0 aliphatic rings. The van der Waals surface area contributed by atoms with E-state index in [0.717, 1.165) is 11.0 Å². The molecule has 1 N–H and O–H groups in total. The van der Waals surface area contributed by atoms with Crippen LogP contribution in [0.3, 0.4) is 0 Å². The topological polar surface area (TPSA) is 55.4 Å². The molecule has 0 radical (unpaired) electrons. The fourth-order valence-corrected chi connectivity index (χ4v) is 2.75. The minimum atomic E-state index is -0.719. The molecule has 4 nitrogen and oxygen atoms in total. The van der Waals surface area contributed by atoms with Crippen molar-refractivity contribution in [3.05, 3.63) is 65.0 Å². The SMILES string of the molecule is Cc1ccc(SCCNC(=O)COC(=O)c2ccc(C)c(F)c2)cc1. The zero-order valence-electron chi connectivity index (χ0n) is 14.2. The van der Waals surface area contributed by atoms with Gasteiger partial charge in [-0.1, -0.05) is 23.8 Å². The number of carbonyl (C=O) groups is 2. The van der Waals surface area contributed by atoms with Crippen LogP contribution in [-0.2, 0) is 9.53 Å². The molecule has 0 saturated heterocycles. The van der Waals surface area contributed by atoms with E-state index in [2.05, 4.69) is 5.32 Å². The first-order valence-electron chi connectivity index (χ1n) is 7.85. The van der Waals surface area contributed by atoms with Gasteiger partial charge in [-0.15, -0.1) is 11.8 Å². The predicted molar refractivity (Wildman–Crippen MR) is 96.3 cm³/mol. The number of carbonyl (C=O) groups excluding carboxylic acids is 2. The molecular formula is C19H20FNO3S. The maximum absolute atomic E-state index is 13.4. The van der Waals surface area contributed by atoms with Crippen molar-refractivity contribution in [2.75, 3.05) is 18.9 Å². The van der Waals surface area contributed by atoms with Gasteiger partial charge in [0, 0.05) is 17.2 Å². The predicted octanol–water partition coefficient (Wildman–Crippen LogP) is 3.51. The van der Waals surface area contributed by atoms with Gasteiger partial charge in [0.1, 0.15) is 5.82 Å². The Labute approximate surface area is 150 Å². The molecule has 1 amide bonds. The lowest BCUT2D eigenvalue weighted by Crippen LogP contribution is -2.30. The molecule has 2 rings (SSSR count). The summed E-state index contributed by atoms with van der Waals surface area (Å²) in [5.41, 5.74) is 1.74. The molecule has 0 atom stereocenters. The zero-order chi connectivity index (χ0) is 18.2. The van der Waals surface area contributed by atoms with Crippen LogP contribution in [0.5, 0.6) is 0 Å². The maximum Gasteiger partial charge on any atom is 0.338 e. The lowest BCUT2D eigenvalue weighted by atomic mass is 10.1. The molecule has 0 saturated carbocycles. The number of hydrogen-bond acceptors (Lipinski definition) is 4. The van der Waals surface area contributed by atoms with Crippen LogP contribution in [-0.4, -0.2) is 30.8 Å². The van der Waals surface area contributed by atoms with E-state index < -0.39 is 11.8 Å². The quantitative estimate of drug-likeness (QED) is 0.466.